The molecule has 5 fully saturated rings. The third-order valence-corrected chi connectivity index (χ3v) is 9.07. The molecular weight excluding hydrogens is 397 g/mol. The Morgan fingerprint density at radius 3 is 2.39 bits per heavy atom. The average Bonchev–Trinajstić information content (AvgIpc) is 3.30. The van der Waals surface area contributed by atoms with Crippen molar-refractivity contribution in [1.29, 1.82) is 10.8 Å². The van der Waals surface area contributed by atoms with Gasteiger partial charge in [0.05, 0.1) is 6.10 Å². The quantitative estimate of drug-likeness (QED) is 0.400. The number of fused-ring (bicyclic) bond motifs is 5. The Morgan fingerprint density at radius 1 is 1.10 bits per heavy atom. The molecule has 0 aromatic heterocycles. The molecule has 31 heavy (non-hydrogen) atoms. The zero-order valence-corrected chi connectivity index (χ0v) is 19.2. The van der Waals surface area contributed by atoms with Crippen LogP contribution in [0.1, 0.15) is 65.2 Å². The number of carbonyl (C=O) groups excluding carboxylic acids is 1. The first-order chi connectivity index (χ1) is 14.7. The number of rotatable bonds is 0. The van der Waals surface area contributed by atoms with Gasteiger partial charge in [0.2, 0.25) is 0 Å². The summed E-state index contributed by atoms with van der Waals surface area (Å²) in [6, 6.07) is 0. The van der Waals surface area contributed by atoms with Crippen LogP contribution in [-0.2, 0) is 4.79 Å². The van der Waals surface area contributed by atoms with E-state index in [1.807, 2.05) is 6.92 Å². The number of hydrogen-bond donors (Lipinski definition) is 5. The largest absolute Gasteiger partial charge is 0.400 e. The first-order valence-corrected chi connectivity index (χ1v) is 11.8. The first-order valence-electron chi connectivity index (χ1n) is 11.8. The number of carbonyl (C=O) groups is 1. The van der Waals surface area contributed by atoms with Crippen LogP contribution < -0.4 is 5.32 Å². The molecule has 1 heterocycles. The van der Waals surface area contributed by atoms with E-state index in [4.69, 9.17) is 21.0 Å². The third-order valence-electron chi connectivity index (χ3n) is 9.07. The molecular formula is C24H40FN3O3. The van der Waals surface area contributed by atoms with Crippen LogP contribution in [0.5, 0.6) is 0 Å². The molecule has 6 unspecified atom stereocenters. The van der Waals surface area contributed by atoms with E-state index in [9.17, 15) is 9.18 Å². The first kappa shape index (κ1) is 24.5. The molecule has 0 aromatic rings. The van der Waals surface area contributed by atoms with E-state index in [0.717, 1.165) is 64.4 Å². The van der Waals surface area contributed by atoms with E-state index in [0.29, 0.717) is 18.1 Å². The standard InChI is InChI=1S/C19H27FN2O.C4H9NO.CH4O/c1-18-5-3-10(21)7-13(18)15(22)8-11-12(18)4-6-19(2)16(23)9-14(20)17(11)19;6-4-1-2-5-3-4;1-2/h11-14,17,21-22H,3-9H2,1-2H3;4-6H,1-3H2;2H,1H3/t11?,12?,13?,14?,17?,18-,19-;;/m1../s1. The lowest BCUT2D eigenvalue weighted by Crippen LogP contribution is -2.57. The summed E-state index contributed by atoms with van der Waals surface area (Å²) in [5.74, 6) is 0.656. The van der Waals surface area contributed by atoms with Crippen LogP contribution in [0.25, 0.3) is 0 Å². The molecule has 0 spiro atoms. The minimum atomic E-state index is -1.02. The van der Waals surface area contributed by atoms with Crippen molar-refractivity contribution in [3.8, 4) is 0 Å². The van der Waals surface area contributed by atoms with Gasteiger partial charge >= 0.3 is 0 Å². The summed E-state index contributed by atoms with van der Waals surface area (Å²) in [5.41, 5.74) is 1.02. The van der Waals surface area contributed by atoms with E-state index >= 15 is 0 Å². The average molecular weight is 438 g/mol. The van der Waals surface area contributed by atoms with Crippen molar-refractivity contribution in [2.45, 2.75) is 77.5 Å². The summed E-state index contributed by atoms with van der Waals surface area (Å²) < 4.78 is 14.7. The molecule has 1 aliphatic heterocycles. The van der Waals surface area contributed by atoms with Crippen molar-refractivity contribution in [2.75, 3.05) is 20.2 Å². The maximum Gasteiger partial charge on any atom is 0.142 e. The van der Waals surface area contributed by atoms with Crippen molar-refractivity contribution in [3.63, 3.8) is 0 Å². The minimum Gasteiger partial charge on any atom is -0.400 e. The van der Waals surface area contributed by atoms with Crippen LogP contribution >= 0.6 is 0 Å². The number of halogens is 1. The van der Waals surface area contributed by atoms with Gasteiger partial charge in [0.25, 0.3) is 0 Å². The fourth-order valence-corrected chi connectivity index (χ4v) is 7.35. The Bertz CT molecular complexity index is 710. The van der Waals surface area contributed by atoms with Crippen molar-refractivity contribution >= 4 is 17.2 Å². The second-order valence-electron chi connectivity index (χ2n) is 10.6. The monoisotopic (exact) mass is 437 g/mol. The summed E-state index contributed by atoms with van der Waals surface area (Å²) in [5, 5.41) is 35.3. The second-order valence-corrected chi connectivity index (χ2v) is 10.6. The highest BCUT2D eigenvalue weighted by Gasteiger charge is 2.64. The molecule has 0 aromatic carbocycles. The normalized spacial score (nSPS) is 46.1. The van der Waals surface area contributed by atoms with E-state index in [2.05, 4.69) is 12.2 Å². The number of β-amino-alcohol motifs (C(OH)–C–C–N with tert-alkyl or cyclic N) is 1. The van der Waals surface area contributed by atoms with Gasteiger partial charge < -0.3 is 26.3 Å². The van der Waals surface area contributed by atoms with Gasteiger partial charge in [-0.05, 0) is 68.7 Å². The van der Waals surface area contributed by atoms with Gasteiger partial charge in [-0.3, -0.25) is 4.79 Å². The predicted octanol–water partition coefficient (Wildman–Crippen LogP) is 3.14. The Balaban J connectivity index is 0.000000291. The van der Waals surface area contributed by atoms with E-state index < -0.39 is 11.6 Å². The molecule has 6 nitrogen and oxygen atoms in total. The second kappa shape index (κ2) is 9.36. The molecule has 4 aliphatic carbocycles. The van der Waals surface area contributed by atoms with Gasteiger partial charge in [0, 0.05) is 48.7 Å². The lowest BCUT2D eigenvalue weighted by Gasteiger charge is -2.59. The summed E-state index contributed by atoms with van der Waals surface area (Å²) in [4.78, 5) is 12.4. The van der Waals surface area contributed by atoms with Gasteiger partial charge in [0.1, 0.15) is 12.0 Å². The molecule has 5 aliphatic rings. The Kier molecular flexibility index (Phi) is 7.38. The topological polar surface area (TPSA) is 117 Å². The van der Waals surface area contributed by atoms with Gasteiger partial charge in [-0.15, -0.1) is 0 Å². The van der Waals surface area contributed by atoms with Crippen molar-refractivity contribution in [3.05, 3.63) is 0 Å². The summed E-state index contributed by atoms with van der Waals surface area (Å²) in [7, 11) is 1.00. The number of Topliss-reactive ketones (excluding diaryl/α,β-unsaturated/α-hetero) is 1. The van der Waals surface area contributed by atoms with Crippen molar-refractivity contribution in [2.24, 2.45) is 34.5 Å². The molecule has 7 heteroatoms. The smallest absolute Gasteiger partial charge is 0.142 e. The van der Waals surface area contributed by atoms with Gasteiger partial charge in [-0.2, -0.15) is 0 Å². The van der Waals surface area contributed by atoms with Crippen LogP contribution in [0, 0.1) is 45.3 Å². The zero-order chi connectivity index (χ0) is 23.0. The van der Waals surface area contributed by atoms with Crippen LogP contribution in [0.4, 0.5) is 4.39 Å². The van der Waals surface area contributed by atoms with Gasteiger partial charge in [-0.1, -0.05) is 13.8 Å². The Labute approximate surface area is 185 Å². The summed E-state index contributed by atoms with van der Waals surface area (Å²) >= 11 is 0. The fourth-order valence-electron chi connectivity index (χ4n) is 7.35. The van der Waals surface area contributed by atoms with Crippen LogP contribution in [0.2, 0.25) is 0 Å². The summed E-state index contributed by atoms with van der Waals surface area (Å²) in [6.07, 6.45) is 4.87. The van der Waals surface area contributed by atoms with Crippen molar-refractivity contribution in [1.82, 2.24) is 5.32 Å². The number of nitrogens with one attached hydrogen (secondary N) is 3. The number of aliphatic hydroxyl groups is 2. The predicted molar refractivity (Wildman–Crippen MR) is 119 cm³/mol. The number of ketones is 1. The number of hydrogen-bond acceptors (Lipinski definition) is 6. The summed E-state index contributed by atoms with van der Waals surface area (Å²) in [6.45, 7) is 6.04. The highest BCUT2D eigenvalue weighted by atomic mass is 19.1. The molecule has 8 atom stereocenters. The van der Waals surface area contributed by atoms with Gasteiger partial charge in [-0.25, -0.2) is 4.39 Å². The van der Waals surface area contributed by atoms with Crippen LogP contribution in [-0.4, -0.2) is 59.9 Å². The SMILES string of the molecule is CO.C[C@]12CCC(=N)CC1C(=N)CC1C2CC[C@]2(C)C(=O)CC(F)C12.OC1CCNC1. The highest BCUT2D eigenvalue weighted by Crippen LogP contribution is 2.64. The minimum absolute atomic E-state index is 0.0250. The Morgan fingerprint density at radius 2 is 1.81 bits per heavy atom. The zero-order valence-electron chi connectivity index (χ0n) is 19.2. The molecule has 1 saturated heterocycles. The van der Waals surface area contributed by atoms with E-state index in [1.54, 1.807) is 0 Å². The highest BCUT2D eigenvalue weighted by molar-refractivity contribution is 5.94. The molecule has 4 saturated carbocycles. The molecule has 0 bridgehead atoms. The third kappa shape index (κ3) is 4.25. The molecule has 176 valence electrons. The van der Waals surface area contributed by atoms with Gasteiger partial charge in [0.15, 0.2) is 0 Å². The maximum absolute atomic E-state index is 14.7. The molecule has 5 rings (SSSR count). The van der Waals surface area contributed by atoms with Crippen LogP contribution in [0.15, 0.2) is 0 Å². The number of aliphatic hydroxyl groups excluding tert-OH is 2. The Hall–Kier alpha value is -1.18. The van der Waals surface area contributed by atoms with E-state index in [-0.39, 0.29) is 41.5 Å². The maximum atomic E-state index is 14.7. The van der Waals surface area contributed by atoms with Crippen molar-refractivity contribution < 1.29 is 19.4 Å². The van der Waals surface area contributed by atoms with E-state index in [1.165, 1.54) is 0 Å². The molecule has 0 radical (unpaired) electrons. The fraction of sp³-hybridized carbons (Fsp3) is 0.875. The number of alkyl halides is 1. The molecule has 5 N–H and O–H groups in total. The lowest BCUT2D eigenvalue weighted by molar-refractivity contribution is -0.133. The lowest BCUT2D eigenvalue weighted by atomic mass is 9.44. The van der Waals surface area contributed by atoms with Crippen LogP contribution in [0.3, 0.4) is 0 Å². The molecule has 0 amide bonds.